The number of hydrogen-bond donors (Lipinski definition) is 0. The molecule has 0 amide bonds. The van der Waals surface area contributed by atoms with Crippen molar-refractivity contribution >= 4 is 27.2 Å². The molecule has 36 heavy (non-hydrogen) atoms. The van der Waals surface area contributed by atoms with Crippen LogP contribution in [0.4, 0.5) is 5.69 Å². The Labute approximate surface area is 215 Å². The molecule has 0 fully saturated rings. The van der Waals surface area contributed by atoms with Crippen LogP contribution in [0, 0.1) is 17.9 Å². The second-order valence-electron chi connectivity index (χ2n) is 8.51. The second-order valence-corrected chi connectivity index (χ2v) is 10.4. The summed E-state index contributed by atoms with van der Waals surface area (Å²) in [6.07, 6.45) is 13.3. The summed E-state index contributed by atoms with van der Waals surface area (Å²) >= 11 is 0. The van der Waals surface area contributed by atoms with E-state index in [9.17, 15) is 13.7 Å². The molecule has 0 spiro atoms. The van der Waals surface area contributed by atoms with Crippen LogP contribution in [0.1, 0.15) is 50.7 Å². The first-order valence-electron chi connectivity index (χ1n) is 12.2. The van der Waals surface area contributed by atoms with Gasteiger partial charge in [-0.25, -0.2) is 18.5 Å². The van der Waals surface area contributed by atoms with Crippen LogP contribution in [0.2, 0.25) is 0 Å². The molecular weight excluding hydrogens is 466 g/mol. The summed E-state index contributed by atoms with van der Waals surface area (Å²) in [5.41, 5.74) is 2.61. The van der Waals surface area contributed by atoms with Crippen molar-refractivity contribution in [3.8, 4) is 6.07 Å². The molecule has 0 aliphatic carbocycles. The van der Waals surface area contributed by atoms with Crippen LogP contribution in [-0.2, 0) is 9.84 Å². The lowest BCUT2D eigenvalue weighted by Gasteiger charge is -2.24. The lowest BCUT2D eigenvalue weighted by Crippen LogP contribution is -2.25. The third-order valence-electron chi connectivity index (χ3n) is 6.02. The van der Waals surface area contributed by atoms with Crippen LogP contribution in [0.15, 0.2) is 88.3 Å². The van der Waals surface area contributed by atoms with Gasteiger partial charge in [0.2, 0.25) is 9.84 Å². The molecule has 2 aromatic carbocycles. The van der Waals surface area contributed by atoms with E-state index in [2.05, 4.69) is 47.9 Å². The number of anilines is 1. The van der Waals surface area contributed by atoms with Gasteiger partial charge in [-0.1, -0.05) is 81.3 Å². The van der Waals surface area contributed by atoms with E-state index in [0.717, 1.165) is 18.7 Å². The maximum atomic E-state index is 13.1. The minimum atomic E-state index is -3.80. The highest BCUT2D eigenvalue weighted by Crippen LogP contribution is 2.44. The summed E-state index contributed by atoms with van der Waals surface area (Å²) < 4.78 is 26.1. The number of unbranched alkanes of at least 4 members (excludes halogenated alkanes) is 2. The predicted molar refractivity (Wildman–Crippen MR) is 147 cm³/mol. The van der Waals surface area contributed by atoms with E-state index in [-0.39, 0.29) is 21.1 Å². The standard InChI is InChI=1S/C30H31N3O2S/c1-4-6-21-33(22-7-5-2)25-19-17-24(18-20-25)13-9-8-10-16-29-30(27(23-31)32-3)26-14-11-12-15-28(26)36(29,34)35/h8-20H,4-7,21-22H2,1-2H3. The van der Waals surface area contributed by atoms with E-state index < -0.39 is 9.84 Å². The molecule has 0 radical (unpaired) electrons. The van der Waals surface area contributed by atoms with Crippen LogP contribution in [0.25, 0.3) is 16.5 Å². The van der Waals surface area contributed by atoms with Crippen LogP contribution in [-0.4, -0.2) is 21.5 Å². The lowest BCUT2D eigenvalue weighted by molar-refractivity contribution is 0.604. The third kappa shape index (κ3) is 6.03. The van der Waals surface area contributed by atoms with Crippen molar-refractivity contribution in [3.05, 3.63) is 106 Å². The van der Waals surface area contributed by atoms with Gasteiger partial charge in [-0.15, -0.1) is 0 Å². The molecule has 0 bridgehead atoms. The average molecular weight is 498 g/mol. The molecule has 0 saturated carbocycles. The van der Waals surface area contributed by atoms with Gasteiger partial charge >= 0.3 is 0 Å². The Balaban J connectivity index is 1.79. The fraction of sp³-hybridized carbons (Fsp3) is 0.267. The van der Waals surface area contributed by atoms with Gasteiger partial charge in [0, 0.05) is 24.4 Å². The molecule has 2 aromatic rings. The zero-order valence-corrected chi connectivity index (χ0v) is 21.6. The zero-order chi connectivity index (χ0) is 26.0. The first-order chi connectivity index (χ1) is 17.5. The molecule has 5 nitrogen and oxygen atoms in total. The smallest absolute Gasteiger partial charge is 0.270 e. The first-order valence-corrected chi connectivity index (χ1v) is 13.7. The molecule has 0 N–H and O–H groups in total. The van der Waals surface area contributed by atoms with Crippen LogP contribution < -0.4 is 4.90 Å². The second kappa shape index (κ2) is 12.7. The average Bonchev–Trinajstić information content (AvgIpc) is 3.12. The maximum Gasteiger partial charge on any atom is 0.270 e. The molecule has 1 aliphatic rings. The number of nitriles is 1. The molecule has 6 heteroatoms. The molecular formula is C30H31N3O2S. The quantitative estimate of drug-likeness (QED) is 0.198. The van der Waals surface area contributed by atoms with E-state index in [1.807, 2.05) is 18.2 Å². The van der Waals surface area contributed by atoms with Crippen molar-refractivity contribution in [1.82, 2.24) is 0 Å². The first kappa shape index (κ1) is 26.7. The number of benzene rings is 2. The third-order valence-corrected chi connectivity index (χ3v) is 7.87. The normalized spacial score (nSPS) is 16.7. The summed E-state index contributed by atoms with van der Waals surface area (Å²) in [6.45, 7) is 13.9. The summed E-state index contributed by atoms with van der Waals surface area (Å²) in [5.74, 6) is 0. The number of hydrogen-bond acceptors (Lipinski definition) is 4. The van der Waals surface area contributed by atoms with Crippen LogP contribution >= 0.6 is 0 Å². The minimum Gasteiger partial charge on any atom is -0.372 e. The zero-order valence-electron chi connectivity index (χ0n) is 20.8. The number of rotatable bonds is 10. The van der Waals surface area contributed by atoms with E-state index >= 15 is 0 Å². The number of nitrogens with zero attached hydrogens (tertiary/aromatic N) is 3. The van der Waals surface area contributed by atoms with Gasteiger partial charge in [0.1, 0.15) is 0 Å². The summed E-state index contributed by atoms with van der Waals surface area (Å²) in [5, 5.41) is 9.40. The van der Waals surface area contributed by atoms with E-state index in [1.54, 1.807) is 30.4 Å². The van der Waals surface area contributed by atoms with Crippen molar-refractivity contribution in [2.24, 2.45) is 0 Å². The van der Waals surface area contributed by atoms with Gasteiger partial charge in [-0.2, -0.15) is 0 Å². The highest BCUT2D eigenvalue weighted by Gasteiger charge is 2.37. The maximum absolute atomic E-state index is 13.1. The number of sulfone groups is 1. The fourth-order valence-corrected chi connectivity index (χ4v) is 5.77. The van der Waals surface area contributed by atoms with E-state index in [4.69, 9.17) is 6.57 Å². The van der Waals surface area contributed by atoms with Crippen LogP contribution in [0.3, 0.4) is 0 Å². The number of fused-ring (bicyclic) bond motifs is 1. The Kier molecular flexibility index (Phi) is 9.45. The lowest BCUT2D eigenvalue weighted by atomic mass is 10.0. The van der Waals surface area contributed by atoms with E-state index in [1.165, 1.54) is 43.5 Å². The molecule has 184 valence electrons. The molecule has 3 rings (SSSR count). The largest absolute Gasteiger partial charge is 0.372 e. The Morgan fingerprint density at radius 2 is 1.67 bits per heavy atom. The Bertz CT molecular complexity index is 1360. The molecule has 0 aromatic heterocycles. The summed E-state index contributed by atoms with van der Waals surface area (Å²) in [4.78, 5) is 5.80. The Morgan fingerprint density at radius 1 is 1.00 bits per heavy atom. The fourth-order valence-electron chi connectivity index (χ4n) is 4.09. The summed E-state index contributed by atoms with van der Waals surface area (Å²) in [7, 11) is -3.80. The van der Waals surface area contributed by atoms with Gasteiger partial charge in [0.05, 0.1) is 22.4 Å². The molecule has 1 aliphatic heterocycles. The topological polar surface area (TPSA) is 65.5 Å². The minimum absolute atomic E-state index is 0.0236. The molecule has 0 atom stereocenters. The predicted octanol–water partition coefficient (Wildman–Crippen LogP) is 7.19. The van der Waals surface area contributed by atoms with Gasteiger partial charge in [0.25, 0.3) is 5.70 Å². The molecule has 1 heterocycles. The van der Waals surface area contributed by atoms with Gasteiger partial charge in [-0.05, 0) is 48.2 Å². The van der Waals surface area contributed by atoms with Gasteiger partial charge in [0.15, 0.2) is 0 Å². The SMILES string of the molecule is [C-]#[N+]C(C#N)=C1C(=CC=CC=Cc2ccc(N(CCCC)CCCC)cc2)S(=O)(=O)c2ccccc21. The van der Waals surface area contributed by atoms with Crippen molar-refractivity contribution in [2.75, 3.05) is 18.0 Å². The highest BCUT2D eigenvalue weighted by molar-refractivity contribution is 7.96. The molecule has 0 unspecified atom stereocenters. The Morgan fingerprint density at radius 3 is 2.28 bits per heavy atom. The van der Waals surface area contributed by atoms with Crippen molar-refractivity contribution in [1.29, 1.82) is 5.26 Å². The van der Waals surface area contributed by atoms with Gasteiger partial charge < -0.3 is 4.90 Å². The van der Waals surface area contributed by atoms with E-state index in [0.29, 0.717) is 5.56 Å². The van der Waals surface area contributed by atoms with Crippen molar-refractivity contribution in [2.45, 2.75) is 44.4 Å². The summed E-state index contributed by atoms with van der Waals surface area (Å²) in [6, 6.07) is 16.8. The molecule has 0 saturated heterocycles. The van der Waals surface area contributed by atoms with Crippen molar-refractivity contribution in [3.63, 3.8) is 0 Å². The Hall–Kier alpha value is -3.87. The van der Waals surface area contributed by atoms with Crippen LogP contribution in [0.5, 0.6) is 0 Å². The highest BCUT2D eigenvalue weighted by atomic mass is 32.2. The van der Waals surface area contributed by atoms with Gasteiger partial charge in [-0.3, -0.25) is 0 Å². The number of allylic oxidation sites excluding steroid dienone is 6. The monoisotopic (exact) mass is 497 g/mol. The van der Waals surface area contributed by atoms with Crippen molar-refractivity contribution < 1.29 is 8.42 Å².